The van der Waals surface area contributed by atoms with Crippen molar-refractivity contribution >= 4 is 17.5 Å². The number of rotatable bonds is 5. The molecule has 31 heavy (non-hydrogen) atoms. The number of aryl methyl sites for hydroxylation is 1. The van der Waals surface area contributed by atoms with E-state index in [0.29, 0.717) is 36.1 Å². The topological polar surface area (TPSA) is 51.3 Å². The third kappa shape index (κ3) is 4.01. The smallest absolute Gasteiger partial charge is 0.223 e. The van der Waals surface area contributed by atoms with E-state index in [4.69, 9.17) is 16.0 Å². The Morgan fingerprint density at radius 1 is 1.03 bits per heavy atom. The standard InChI is InChI=1S/C25H22ClN3O2/c26-20-10-8-18(9-11-20)22-17-27-23(31-22)12-13-24(30)29-16-15-28-14-4-7-21(28)25(29)19-5-2-1-3-6-19/h1-11,14,17,25H,12-13,15-16H2. The van der Waals surface area contributed by atoms with Crippen LogP contribution in [-0.2, 0) is 17.8 Å². The van der Waals surface area contributed by atoms with Gasteiger partial charge in [-0.15, -0.1) is 0 Å². The van der Waals surface area contributed by atoms with Crippen molar-refractivity contribution in [1.29, 1.82) is 0 Å². The molecule has 0 N–H and O–H groups in total. The van der Waals surface area contributed by atoms with E-state index in [1.807, 2.05) is 53.4 Å². The molecule has 0 saturated heterocycles. The maximum absolute atomic E-state index is 13.2. The van der Waals surface area contributed by atoms with Crippen LogP contribution in [0.25, 0.3) is 11.3 Å². The number of benzene rings is 2. The highest BCUT2D eigenvalue weighted by molar-refractivity contribution is 6.30. The Hall–Kier alpha value is -3.31. The fourth-order valence-corrected chi connectivity index (χ4v) is 4.30. The van der Waals surface area contributed by atoms with Gasteiger partial charge in [0.1, 0.15) is 0 Å². The van der Waals surface area contributed by atoms with E-state index >= 15 is 0 Å². The van der Waals surface area contributed by atoms with Crippen molar-refractivity contribution in [3.63, 3.8) is 0 Å². The number of hydrogen-bond donors (Lipinski definition) is 0. The quantitative estimate of drug-likeness (QED) is 0.427. The molecule has 0 aliphatic carbocycles. The average Bonchev–Trinajstić information content (AvgIpc) is 3.47. The van der Waals surface area contributed by atoms with Crippen LogP contribution in [0.15, 0.2) is 83.5 Å². The zero-order valence-corrected chi connectivity index (χ0v) is 17.7. The van der Waals surface area contributed by atoms with Crippen LogP contribution in [0, 0.1) is 0 Å². The molecule has 156 valence electrons. The average molecular weight is 432 g/mol. The van der Waals surface area contributed by atoms with Gasteiger partial charge in [0.2, 0.25) is 5.91 Å². The number of nitrogens with zero attached hydrogens (tertiary/aromatic N) is 3. The summed E-state index contributed by atoms with van der Waals surface area (Å²) in [5, 5.41) is 0.676. The van der Waals surface area contributed by atoms with Gasteiger partial charge in [-0.25, -0.2) is 4.98 Å². The first-order chi connectivity index (χ1) is 15.2. The van der Waals surface area contributed by atoms with E-state index < -0.39 is 0 Å². The highest BCUT2D eigenvalue weighted by Gasteiger charge is 2.31. The van der Waals surface area contributed by atoms with Crippen LogP contribution in [0.1, 0.15) is 29.6 Å². The summed E-state index contributed by atoms with van der Waals surface area (Å²) >= 11 is 5.95. The summed E-state index contributed by atoms with van der Waals surface area (Å²) in [6.07, 6.45) is 4.60. The van der Waals surface area contributed by atoms with E-state index in [1.54, 1.807) is 6.20 Å². The molecule has 4 aromatic rings. The van der Waals surface area contributed by atoms with E-state index in [9.17, 15) is 4.79 Å². The number of amides is 1. The zero-order valence-electron chi connectivity index (χ0n) is 16.9. The van der Waals surface area contributed by atoms with Crippen LogP contribution in [0.4, 0.5) is 0 Å². The lowest BCUT2D eigenvalue weighted by atomic mass is 9.99. The van der Waals surface area contributed by atoms with Gasteiger partial charge < -0.3 is 13.9 Å². The molecule has 3 heterocycles. The first-order valence-corrected chi connectivity index (χ1v) is 10.8. The van der Waals surface area contributed by atoms with Gasteiger partial charge in [0, 0.05) is 48.4 Å². The molecule has 1 unspecified atom stereocenters. The second-order valence-corrected chi connectivity index (χ2v) is 8.09. The second kappa shape index (κ2) is 8.44. The lowest BCUT2D eigenvalue weighted by Gasteiger charge is -2.37. The number of aromatic nitrogens is 2. The monoisotopic (exact) mass is 431 g/mol. The second-order valence-electron chi connectivity index (χ2n) is 7.65. The van der Waals surface area contributed by atoms with Crippen molar-refractivity contribution < 1.29 is 9.21 Å². The van der Waals surface area contributed by atoms with Gasteiger partial charge >= 0.3 is 0 Å². The third-order valence-corrected chi connectivity index (χ3v) is 5.96. The van der Waals surface area contributed by atoms with Gasteiger partial charge in [0.05, 0.1) is 12.2 Å². The van der Waals surface area contributed by atoms with Crippen molar-refractivity contribution in [3.8, 4) is 11.3 Å². The molecule has 5 rings (SSSR count). The third-order valence-electron chi connectivity index (χ3n) is 5.71. The van der Waals surface area contributed by atoms with Crippen molar-refractivity contribution in [2.24, 2.45) is 0 Å². The molecule has 1 aliphatic heterocycles. The maximum Gasteiger partial charge on any atom is 0.223 e. The summed E-state index contributed by atoms with van der Waals surface area (Å²) in [5.74, 6) is 1.35. The van der Waals surface area contributed by atoms with E-state index in [2.05, 4.69) is 33.9 Å². The molecule has 1 atom stereocenters. The normalized spacial score (nSPS) is 15.6. The molecule has 0 radical (unpaired) electrons. The van der Waals surface area contributed by atoms with Crippen molar-refractivity contribution in [2.45, 2.75) is 25.4 Å². The van der Waals surface area contributed by atoms with Gasteiger partial charge in [-0.1, -0.05) is 41.9 Å². The summed E-state index contributed by atoms with van der Waals surface area (Å²) in [6, 6.07) is 21.7. The van der Waals surface area contributed by atoms with Crippen molar-refractivity contribution in [2.75, 3.05) is 6.54 Å². The molecular formula is C25H22ClN3O2. The molecule has 2 aromatic heterocycles. The zero-order chi connectivity index (χ0) is 21.2. The predicted molar refractivity (Wildman–Crippen MR) is 120 cm³/mol. The molecule has 5 nitrogen and oxygen atoms in total. The lowest BCUT2D eigenvalue weighted by molar-refractivity contribution is -0.134. The van der Waals surface area contributed by atoms with E-state index in [0.717, 1.165) is 23.4 Å². The van der Waals surface area contributed by atoms with Crippen LogP contribution in [0.2, 0.25) is 5.02 Å². The Kier molecular flexibility index (Phi) is 5.35. The van der Waals surface area contributed by atoms with Gasteiger partial charge in [-0.05, 0) is 42.0 Å². The minimum atomic E-state index is -0.0772. The molecule has 1 aliphatic rings. The van der Waals surface area contributed by atoms with Crippen LogP contribution >= 0.6 is 11.6 Å². The molecule has 6 heteroatoms. The SMILES string of the molecule is O=C(CCc1ncc(-c2ccc(Cl)cc2)o1)N1CCn2cccc2C1c1ccccc1. The van der Waals surface area contributed by atoms with Crippen LogP contribution in [0.5, 0.6) is 0 Å². The Morgan fingerprint density at radius 3 is 2.65 bits per heavy atom. The fraction of sp³-hybridized carbons (Fsp3) is 0.200. The summed E-state index contributed by atoms with van der Waals surface area (Å²) < 4.78 is 8.10. The Labute approximate surface area is 185 Å². The van der Waals surface area contributed by atoms with Crippen LogP contribution in [-0.4, -0.2) is 26.9 Å². The molecule has 0 fully saturated rings. The number of fused-ring (bicyclic) bond motifs is 1. The van der Waals surface area contributed by atoms with Gasteiger partial charge in [-0.3, -0.25) is 4.79 Å². The number of oxazole rings is 1. The molecule has 0 bridgehead atoms. The minimum Gasteiger partial charge on any atom is -0.441 e. The minimum absolute atomic E-state index is 0.0772. The summed E-state index contributed by atoms with van der Waals surface area (Å²) in [4.78, 5) is 19.6. The number of halogens is 1. The first kappa shape index (κ1) is 19.6. The Bertz CT molecular complexity index is 1180. The van der Waals surface area contributed by atoms with Crippen molar-refractivity contribution in [1.82, 2.24) is 14.5 Å². The number of hydrogen-bond acceptors (Lipinski definition) is 3. The lowest BCUT2D eigenvalue weighted by Crippen LogP contribution is -2.42. The van der Waals surface area contributed by atoms with E-state index in [-0.39, 0.29) is 11.9 Å². The highest BCUT2D eigenvalue weighted by Crippen LogP contribution is 2.33. The molecular weight excluding hydrogens is 410 g/mol. The fourth-order valence-electron chi connectivity index (χ4n) is 4.17. The van der Waals surface area contributed by atoms with Crippen LogP contribution in [0.3, 0.4) is 0 Å². The molecule has 1 amide bonds. The highest BCUT2D eigenvalue weighted by atomic mass is 35.5. The van der Waals surface area contributed by atoms with E-state index in [1.165, 1.54) is 0 Å². The largest absolute Gasteiger partial charge is 0.441 e. The molecule has 0 saturated carbocycles. The van der Waals surface area contributed by atoms with Gasteiger partial charge in [-0.2, -0.15) is 0 Å². The predicted octanol–water partition coefficient (Wildman–Crippen LogP) is 5.36. The maximum atomic E-state index is 13.2. The molecule has 0 spiro atoms. The van der Waals surface area contributed by atoms with Gasteiger partial charge in [0.15, 0.2) is 11.7 Å². The Morgan fingerprint density at radius 2 is 1.84 bits per heavy atom. The summed E-state index contributed by atoms with van der Waals surface area (Å²) in [7, 11) is 0. The first-order valence-electron chi connectivity index (χ1n) is 10.4. The van der Waals surface area contributed by atoms with Crippen LogP contribution < -0.4 is 0 Å². The number of carbonyl (C=O) groups is 1. The Balaban J connectivity index is 1.31. The van der Waals surface area contributed by atoms with Gasteiger partial charge in [0.25, 0.3) is 0 Å². The van der Waals surface area contributed by atoms with Crippen molar-refractivity contribution in [3.05, 3.63) is 101 Å². The number of carbonyl (C=O) groups excluding carboxylic acids is 1. The summed E-state index contributed by atoms with van der Waals surface area (Å²) in [5.41, 5.74) is 3.18. The summed E-state index contributed by atoms with van der Waals surface area (Å²) in [6.45, 7) is 1.48. The molecule has 2 aromatic carbocycles.